The molecule has 1 N–H and O–H groups in total. The minimum Gasteiger partial charge on any atom is -0.467 e. The summed E-state index contributed by atoms with van der Waals surface area (Å²) in [6.07, 6.45) is 3.51. The van der Waals surface area contributed by atoms with Crippen molar-refractivity contribution in [1.82, 2.24) is 10.3 Å². The van der Waals surface area contributed by atoms with Gasteiger partial charge >= 0.3 is 5.97 Å². The summed E-state index contributed by atoms with van der Waals surface area (Å²) in [5, 5.41) is 2.58. The molecule has 1 unspecified atom stereocenters. The number of nitrogens with one attached hydrogen (secondary N) is 1. The van der Waals surface area contributed by atoms with Crippen LogP contribution in [0.2, 0.25) is 0 Å². The van der Waals surface area contributed by atoms with Crippen LogP contribution >= 0.6 is 0 Å². The van der Waals surface area contributed by atoms with E-state index >= 15 is 0 Å². The Kier molecular flexibility index (Phi) is 4.44. The molecular formula is C11H14N2O3. The van der Waals surface area contributed by atoms with Crippen molar-refractivity contribution < 1.29 is 14.3 Å². The standard InChI is InChI=1S/C11H14N2O3/c1-3-9(11(15)16-2)13-10(14)8-5-4-6-12-7-8/h4-7,9H,3H2,1-2H3,(H,13,14). The summed E-state index contributed by atoms with van der Waals surface area (Å²) in [7, 11) is 1.29. The van der Waals surface area contributed by atoms with E-state index in [-0.39, 0.29) is 5.91 Å². The Morgan fingerprint density at radius 3 is 2.81 bits per heavy atom. The molecular weight excluding hydrogens is 208 g/mol. The third-order valence-electron chi connectivity index (χ3n) is 2.12. The maximum atomic E-state index is 11.7. The fourth-order valence-electron chi connectivity index (χ4n) is 1.21. The van der Waals surface area contributed by atoms with Crippen molar-refractivity contribution >= 4 is 11.9 Å². The molecule has 0 aliphatic heterocycles. The number of nitrogens with zero attached hydrogens (tertiary/aromatic N) is 1. The van der Waals surface area contributed by atoms with Crippen molar-refractivity contribution in [1.29, 1.82) is 0 Å². The summed E-state index contributed by atoms with van der Waals surface area (Å²) in [4.78, 5) is 26.8. The zero-order valence-corrected chi connectivity index (χ0v) is 9.27. The van der Waals surface area contributed by atoms with Gasteiger partial charge in [0.2, 0.25) is 0 Å². The number of methoxy groups -OCH3 is 1. The van der Waals surface area contributed by atoms with Gasteiger partial charge in [0.15, 0.2) is 0 Å². The third-order valence-corrected chi connectivity index (χ3v) is 2.12. The van der Waals surface area contributed by atoms with Crippen molar-refractivity contribution in [3.63, 3.8) is 0 Å². The van der Waals surface area contributed by atoms with Crippen LogP contribution in [0, 0.1) is 0 Å². The molecule has 0 aliphatic carbocycles. The first kappa shape index (κ1) is 12.2. The van der Waals surface area contributed by atoms with Gasteiger partial charge in [-0.2, -0.15) is 0 Å². The molecule has 0 radical (unpaired) electrons. The van der Waals surface area contributed by atoms with Gasteiger partial charge in [0.25, 0.3) is 5.91 Å². The number of pyridine rings is 1. The molecule has 0 spiro atoms. The fraction of sp³-hybridized carbons (Fsp3) is 0.364. The van der Waals surface area contributed by atoms with E-state index in [4.69, 9.17) is 0 Å². The minimum absolute atomic E-state index is 0.328. The number of carbonyl (C=O) groups excluding carboxylic acids is 2. The lowest BCUT2D eigenvalue weighted by atomic mass is 10.2. The zero-order valence-electron chi connectivity index (χ0n) is 9.27. The van der Waals surface area contributed by atoms with E-state index < -0.39 is 12.0 Å². The van der Waals surface area contributed by atoms with Crippen LogP contribution in [0.5, 0.6) is 0 Å². The molecule has 16 heavy (non-hydrogen) atoms. The number of esters is 1. The molecule has 1 aromatic heterocycles. The average molecular weight is 222 g/mol. The second kappa shape index (κ2) is 5.85. The fourth-order valence-corrected chi connectivity index (χ4v) is 1.21. The van der Waals surface area contributed by atoms with Gasteiger partial charge in [-0.05, 0) is 18.6 Å². The number of ether oxygens (including phenoxy) is 1. The SMILES string of the molecule is CCC(NC(=O)c1cccnc1)C(=O)OC. The topological polar surface area (TPSA) is 68.3 Å². The molecule has 1 aromatic rings. The van der Waals surface area contributed by atoms with Crippen molar-refractivity contribution in [3.05, 3.63) is 30.1 Å². The van der Waals surface area contributed by atoms with Crippen molar-refractivity contribution in [3.8, 4) is 0 Å². The number of amides is 1. The number of carbonyl (C=O) groups is 2. The summed E-state index contributed by atoms with van der Waals surface area (Å²) >= 11 is 0. The maximum absolute atomic E-state index is 11.7. The molecule has 1 atom stereocenters. The summed E-state index contributed by atoms with van der Waals surface area (Å²) in [5.74, 6) is -0.773. The lowest BCUT2D eigenvalue weighted by molar-refractivity contribution is -0.142. The Balaban J connectivity index is 2.66. The minimum atomic E-state index is -0.613. The van der Waals surface area contributed by atoms with Crippen LogP contribution in [-0.2, 0) is 9.53 Å². The molecule has 0 saturated carbocycles. The highest BCUT2D eigenvalue weighted by atomic mass is 16.5. The normalized spacial score (nSPS) is 11.6. The van der Waals surface area contributed by atoms with Crippen LogP contribution in [0.3, 0.4) is 0 Å². The molecule has 1 rings (SSSR count). The summed E-state index contributed by atoms with van der Waals surface area (Å²) < 4.78 is 4.57. The first-order valence-electron chi connectivity index (χ1n) is 4.97. The van der Waals surface area contributed by atoms with E-state index in [1.807, 2.05) is 0 Å². The second-order valence-corrected chi connectivity index (χ2v) is 3.20. The molecule has 0 bridgehead atoms. The van der Waals surface area contributed by atoms with E-state index in [1.54, 1.807) is 25.3 Å². The molecule has 0 fully saturated rings. The van der Waals surface area contributed by atoms with Crippen molar-refractivity contribution in [2.75, 3.05) is 7.11 Å². The first-order chi connectivity index (χ1) is 7.69. The van der Waals surface area contributed by atoms with Crippen LogP contribution in [0.4, 0.5) is 0 Å². The van der Waals surface area contributed by atoms with Gasteiger partial charge in [0.05, 0.1) is 12.7 Å². The smallest absolute Gasteiger partial charge is 0.328 e. The van der Waals surface area contributed by atoms with E-state index in [2.05, 4.69) is 15.0 Å². The molecule has 5 heteroatoms. The van der Waals surface area contributed by atoms with E-state index in [9.17, 15) is 9.59 Å². The number of aromatic nitrogens is 1. The van der Waals surface area contributed by atoms with Crippen LogP contribution in [0.1, 0.15) is 23.7 Å². The molecule has 5 nitrogen and oxygen atoms in total. The van der Waals surface area contributed by atoms with Gasteiger partial charge in [-0.15, -0.1) is 0 Å². The van der Waals surface area contributed by atoms with Crippen molar-refractivity contribution in [2.45, 2.75) is 19.4 Å². The zero-order chi connectivity index (χ0) is 12.0. The average Bonchev–Trinajstić information content (AvgIpc) is 2.35. The highest BCUT2D eigenvalue weighted by Gasteiger charge is 2.19. The number of hydrogen-bond acceptors (Lipinski definition) is 4. The summed E-state index contributed by atoms with van der Waals surface area (Å²) in [6, 6.07) is 2.68. The van der Waals surface area contributed by atoms with Gasteiger partial charge < -0.3 is 10.1 Å². The lowest BCUT2D eigenvalue weighted by Crippen LogP contribution is -2.41. The maximum Gasteiger partial charge on any atom is 0.328 e. The Hall–Kier alpha value is -1.91. The molecule has 86 valence electrons. The lowest BCUT2D eigenvalue weighted by Gasteiger charge is -2.14. The second-order valence-electron chi connectivity index (χ2n) is 3.20. The van der Waals surface area contributed by atoms with Crippen LogP contribution in [0.15, 0.2) is 24.5 Å². The quantitative estimate of drug-likeness (QED) is 0.764. The van der Waals surface area contributed by atoms with Gasteiger partial charge in [0.1, 0.15) is 6.04 Å². The van der Waals surface area contributed by atoms with Crippen molar-refractivity contribution in [2.24, 2.45) is 0 Å². The van der Waals surface area contributed by atoms with E-state index in [1.165, 1.54) is 13.3 Å². The Labute approximate surface area is 93.8 Å². The van der Waals surface area contributed by atoms with E-state index in [0.717, 1.165) is 0 Å². The van der Waals surface area contributed by atoms with Gasteiger partial charge in [-0.1, -0.05) is 6.92 Å². The highest BCUT2D eigenvalue weighted by molar-refractivity contribution is 5.96. The predicted octanol–water partition coefficient (Wildman–Crippen LogP) is 0.763. The Morgan fingerprint density at radius 2 is 2.31 bits per heavy atom. The monoisotopic (exact) mass is 222 g/mol. The summed E-state index contributed by atoms with van der Waals surface area (Å²) in [6.45, 7) is 1.80. The number of rotatable bonds is 4. The van der Waals surface area contributed by atoms with Crippen LogP contribution < -0.4 is 5.32 Å². The van der Waals surface area contributed by atoms with Crippen LogP contribution in [-0.4, -0.2) is 30.0 Å². The number of hydrogen-bond donors (Lipinski definition) is 1. The largest absolute Gasteiger partial charge is 0.467 e. The molecule has 0 saturated heterocycles. The Bertz CT molecular complexity index is 365. The van der Waals surface area contributed by atoms with Crippen LogP contribution in [0.25, 0.3) is 0 Å². The molecule has 1 amide bonds. The molecule has 0 aliphatic rings. The first-order valence-corrected chi connectivity index (χ1v) is 4.97. The van der Waals surface area contributed by atoms with Gasteiger partial charge in [-0.25, -0.2) is 4.79 Å². The van der Waals surface area contributed by atoms with Gasteiger partial charge in [-0.3, -0.25) is 9.78 Å². The third kappa shape index (κ3) is 3.05. The highest BCUT2D eigenvalue weighted by Crippen LogP contribution is 1.99. The predicted molar refractivity (Wildman–Crippen MR) is 57.8 cm³/mol. The van der Waals surface area contributed by atoms with E-state index in [0.29, 0.717) is 12.0 Å². The molecule has 0 aromatic carbocycles. The molecule has 1 heterocycles. The Morgan fingerprint density at radius 1 is 1.56 bits per heavy atom. The van der Waals surface area contributed by atoms with Gasteiger partial charge in [0, 0.05) is 12.4 Å². The summed E-state index contributed by atoms with van der Waals surface area (Å²) in [5.41, 5.74) is 0.421.